The number of hydrogen-bond donors (Lipinski definition) is 2. The minimum atomic E-state index is -0.345. The zero-order valence-corrected chi connectivity index (χ0v) is 16.7. The molecule has 4 atom stereocenters. The van der Waals surface area contributed by atoms with Crippen molar-refractivity contribution in [3.8, 4) is 11.4 Å². The van der Waals surface area contributed by atoms with Crippen LogP contribution in [0.4, 0.5) is 4.39 Å². The summed E-state index contributed by atoms with van der Waals surface area (Å²) >= 11 is 1.27. The summed E-state index contributed by atoms with van der Waals surface area (Å²) < 4.78 is 14.4. The van der Waals surface area contributed by atoms with Gasteiger partial charge in [0.05, 0.1) is 5.25 Å². The van der Waals surface area contributed by atoms with E-state index >= 15 is 0 Å². The standard InChI is InChI=1S/C19H26FN5OS/c1-11-5-4-6-16(12(11)2)22-18(26)13(3)27-19-24-23-17(25(19)21)14-7-9-15(20)10-8-14/h7-13,16H,4-6,21H2,1-3H3,(H,22,26)/t11-,12-,13-,16-/m1/s1. The zero-order chi connectivity index (χ0) is 19.6. The smallest absolute Gasteiger partial charge is 0.233 e. The third-order valence-corrected chi connectivity index (χ3v) is 6.51. The highest BCUT2D eigenvalue weighted by Gasteiger charge is 2.30. The van der Waals surface area contributed by atoms with E-state index in [1.54, 1.807) is 12.1 Å². The highest BCUT2D eigenvalue weighted by atomic mass is 32.2. The molecule has 1 aromatic carbocycles. The minimum Gasteiger partial charge on any atom is -0.352 e. The molecule has 27 heavy (non-hydrogen) atoms. The van der Waals surface area contributed by atoms with Crippen LogP contribution in [0.2, 0.25) is 0 Å². The molecule has 0 spiro atoms. The van der Waals surface area contributed by atoms with E-state index in [4.69, 9.17) is 5.84 Å². The molecule has 1 aliphatic rings. The van der Waals surface area contributed by atoms with Gasteiger partial charge in [-0.25, -0.2) is 9.07 Å². The molecule has 0 unspecified atom stereocenters. The van der Waals surface area contributed by atoms with E-state index in [-0.39, 0.29) is 23.0 Å². The quantitative estimate of drug-likeness (QED) is 0.604. The van der Waals surface area contributed by atoms with Crippen molar-refractivity contribution in [1.82, 2.24) is 20.2 Å². The predicted octanol–water partition coefficient (Wildman–Crippen LogP) is 3.22. The van der Waals surface area contributed by atoms with Gasteiger partial charge in [0.15, 0.2) is 5.82 Å². The average molecular weight is 392 g/mol. The van der Waals surface area contributed by atoms with Crippen molar-refractivity contribution < 1.29 is 9.18 Å². The van der Waals surface area contributed by atoms with Crippen LogP contribution in [-0.4, -0.2) is 32.1 Å². The first-order valence-corrected chi connectivity index (χ1v) is 10.2. The van der Waals surface area contributed by atoms with Crippen LogP contribution in [-0.2, 0) is 4.79 Å². The molecule has 1 fully saturated rings. The maximum Gasteiger partial charge on any atom is 0.233 e. The SMILES string of the molecule is C[C@@H]1[C@H](C)CCC[C@H]1NC(=O)[C@@H](C)Sc1nnc(-c2ccc(F)cc2)n1N. The molecule has 0 radical (unpaired) electrons. The van der Waals surface area contributed by atoms with E-state index in [0.29, 0.717) is 28.4 Å². The molecule has 1 saturated carbocycles. The molecule has 1 heterocycles. The largest absolute Gasteiger partial charge is 0.352 e. The summed E-state index contributed by atoms with van der Waals surface area (Å²) in [5.41, 5.74) is 0.667. The van der Waals surface area contributed by atoms with Gasteiger partial charge in [0, 0.05) is 11.6 Å². The minimum absolute atomic E-state index is 0.0164. The molecule has 8 heteroatoms. The van der Waals surface area contributed by atoms with Gasteiger partial charge in [-0.15, -0.1) is 10.2 Å². The Kier molecular flexibility index (Phi) is 6.04. The number of nitrogens with two attached hydrogens (primary N) is 1. The predicted molar refractivity (Wildman–Crippen MR) is 105 cm³/mol. The van der Waals surface area contributed by atoms with Crippen LogP contribution in [0.25, 0.3) is 11.4 Å². The van der Waals surface area contributed by atoms with Gasteiger partial charge in [-0.2, -0.15) is 0 Å². The molecule has 1 amide bonds. The Morgan fingerprint density at radius 3 is 2.70 bits per heavy atom. The van der Waals surface area contributed by atoms with Gasteiger partial charge < -0.3 is 11.2 Å². The third-order valence-electron chi connectivity index (χ3n) is 5.45. The maximum atomic E-state index is 13.1. The van der Waals surface area contributed by atoms with Crippen molar-refractivity contribution in [2.75, 3.05) is 5.84 Å². The lowest BCUT2D eigenvalue weighted by molar-refractivity contribution is -0.121. The number of hydrogen-bond acceptors (Lipinski definition) is 5. The van der Waals surface area contributed by atoms with Crippen molar-refractivity contribution in [3.05, 3.63) is 30.1 Å². The number of halogens is 1. The monoisotopic (exact) mass is 391 g/mol. The average Bonchev–Trinajstić information content (AvgIpc) is 3.00. The Morgan fingerprint density at radius 2 is 2.00 bits per heavy atom. The van der Waals surface area contributed by atoms with E-state index in [1.165, 1.54) is 35.0 Å². The van der Waals surface area contributed by atoms with Crippen molar-refractivity contribution >= 4 is 17.7 Å². The van der Waals surface area contributed by atoms with Crippen LogP contribution < -0.4 is 11.2 Å². The second kappa shape index (κ2) is 8.29. The second-order valence-corrected chi connectivity index (χ2v) is 8.63. The lowest BCUT2D eigenvalue weighted by Crippen LogP contribution is -2.46. The Balaban J connectivity index is 1.64. The number of nitrogen functional groups attached to an aromatic ring is 1. The van der Waals surface area contributed by atoms with Crippen LogP contribution >= 0.6 is 11.8 Å². The molecule has 3 N–H and O–H groups in total. The molecule has 1 aliphatic carbocycles. The summed E-state index contributed by atoms with van der Waals surface area (Å²) in [5.74, 6) is 7.28. The molecule has 0 bridgehead atoms. The summed E-state index contributed by atoms with van der Waals surface area (Å²) in [6, 6.07) is 6.10. The van der Waals surface area contributed by atoms with E-state index in [1.807, 2.05) is 6.92 Å². The topological polar surface area (TPSA) is 85.8 Å². The summed E-state index contributed by atoms with van der Waals surface area (Å²) in [6.45, 7) is 6.29. The van der Waals surface area contributed by atoms with E-state index in [2.05, 4.69) is 29.4 Å². The summed E-state index contributed by atoms with van der Waals surface area (Å²) in [5, 5.41) is 11.5. The molecular formula is C19H26FN5OS. The number of nitrogens with one attached hydrogen (secondary N) is 1. The summed E-state index contributed by atoms with van der Waals surface area (Å²) in [6.07, 6.45) is 3.40. The van der Waals surface area contributed by atoms with Crippen LogP contribution in [0.5, 0.6) is 0 Å². The molecule has 0 saturated heterocycles. The second-order valence-electron chi connectivity index (χ2n) is 7.33. The first kappa shape index (κ1) is 19.7. The molecular weight excluding hydrogens is 365 g/mol. The van der Waals surface area contributed by atoms with Crippen molar-refractivity contribution in [3.63, 3.8) is 0 Å². The number of thioether (sulfide) groups is 1. The van der Waals surface area contributed by atoms with Gasteiger partial charge >= 0.3 is 0 Å². The van der Waals surface area contributed by atoms with E-state index in [0.717, 1.165) is 12.8 Å². The van der Waals surface area contributed by atoms with Crippen molar-refractivity contribution in [2.45, 2.75) is 56.5 Å². The van der Waals surface area contributed by atoms with Gasteiger partial charge in [-0.3, -0.25) is 4.79 Å². The molecule has 6 nitrogen and oxygen atoms in total. The van der Waals surface area contributed by atoms with Crippen LogP contribution in [0, 0.1) is 17.7 Å². The fourth-order valence-electron chi connectivity index (χ4n) is 3.45. The van der Waals surface area contributed by atoms with E-state index < -0.39 is 0 Å². The van der Waals surface area contributed by atoms with E-state index in [9.17, 15) is 9.18 Å². The number of rotatable bonds is 5. The van der Waals surface area contributed by atoms with Gasteiger partial charge in [-0.1, -0.05) is 38.5 Å². The van der Waals surface area contributed by atoms with Crippen molar-refractivity contribution in [2.24, 2.45) is 11.8 Å². The summed E-state index contributed by atoms with van der Waals surface area (Å²) in [4.78, 5) is 12.6. The normalized spacial score (nSPS) is 23.8. The van der Waals surface area contributed by atoms with Gasteiger partial charge in [0.2, 0.25) is 11.1 Å². The first-order valence-electron chi connectivity index (χ1n) is 9.30. The number of amides is 1. The lowest BCUT2D eigenvalue weighted by atomic mass is 9.78. The fourth-order valence-corrected chi connectivity index (χ4v) is 4.23. The number of nitrogens with zero attached hydrogens (tertiary/aromatic N) is 3. The highest BCUT2D eigenvalue weighted by Crippen LogP contribution is 2.30. The zero-order valence-electron chi connectivity index (χ0n) is 15.9. The Hall–Kier alpha value is -2.09. The number of aromatic nitrogens is 3. The molecule has 0 aliphatic heterocycles. The molecule has 1 aromatic heterocycles. The number of benzene rings is 1. The Labute approximate surface area is 163 Å². The van der Waals surface area contributed by atoms with Crippen LogP contribution in [0.15, 0.2) is 29.4 Å². The van der Waals surface area contributed by atoms with Crippen LogP contribution in [0.1, 0.15) is 40.0 Å². The lowest BCUT2D eigenvalue weighted by Gasteiger charge is -2.35. The number of carbonyl (C=O) groups is 1. The fraction of sp³-hybridized carbons (Fsp3) is 0.526. The van der Waals surface area contributed by atoms with Crippen LogP contribution in [0.3, 0.4) is 0 Å². The van der Waals surface area contributed by atoms with Gasteiger partial charge in [0.25, 0.3) is 0 Å². The molecule has 146 valence electrons. The van der Waals surface area contributed by atoms with Gasteiger partial charge in [-0.05, 0) is 49.4 Å². The molecule has 2 aromatic rings. The Morgan fingerprint density at radius 1 is 1.30 bits per heavy atom. The Bertz CT molecular complexity index is 794. The maximum absolute atomic E-state index is 13.1. The first-order chi connectivity index (χ1) is 12.9. The summed E-state index contributed by atoms with van der Waals surface area (Å²) in [7, 11) is 0. The third kappa shape index (κ3) is 4.43. The van der Waals surface area contributed by atoms with Crippen molar-refractivity contribution in [1.29, 1.82) is 0 Å². The van der Waals surface area contributed by atoms with Gasteiger partial charge in [0.1, 0.15) is 5.82 Å². The molecule has 3 rings (SSSR count). The number of carbonyl (C=O) groups excluding carboxylic acids is 1. The highest BCUT2D eigenvalue weighted by molar-refractivity contribution is 8.00.